The molecule has 19 heavy (non-hydrogen) atoms. The van der Waals surface area contributed by atoms with Crippen LogP contribution >= 0.6 is 0 Å². The van der Waals surface area contributed by atoms with Gasteiger partial charge in [-0.25, -0.2) is 0 Å². The van der Waals surface area contributed by atoms with Gasteiger partial charge < -0.3 is 15.8 Å². The predicted molar refractivity (Wildman–Crippen MR) is 77.0 cm³/mol. The summed E-state index contributed by atoms with van der Waals surface area (Å²) in [6, 6.07) is 13.2. The molecule has 0 aliphatic carbocycles. The maximum Gasteiger partial charge on any atom is 0.241 e. The second-order valence-electron chi connectivity index (χ2n) is 4.44. The minimum Gasteiger partial charge on any atom is -0.385 e. The molecule has 0 aliphatic rings. The van der Waals surface area contributed by atoms with Gasteiger partial charge in [0, 0.05) is 19.4 Å². The summed E-state index contributed by atoms with van der Waals surface area (Å²) in [5.74, 6) is -0.188. The van der Waals surface area contributed by atoms with E-state index in [1.54, 1.807) is 7.11 Å². The number of benzene rings is 2. The van der Waals surface area contributed by atoms with Gasteiger partial charge in [0.25, 0.3) is 0 Å². The monoisotopic (exact) mass is 258 g/mol. The van der Waals surface area contributed by atoms with Crippen LogP contribution in [0.15, 0.2) is 42.5 Å². The van der Waals surface area contributed by atoms with Gasteiger partial charge in [-0.05, 0) is 29.3 Å². The molecular weight excluding hydrogens is 240 g/mol. The van der Waals surface area contributed by atoms with Crippen LogP contribution in [-0.4, -0.2) is 25.7 Å². The fraction of sp³-hybridized carbons (Fsp3) is 0.267. The second-order valence-corrected chi connectivity index (χ2v) is 4.44. The van der Waals surface area contributed by atoms with E-state index in [1.165, 1.54) is 0 Å². The van der Waals surface area contributed by atoms with Crippen LogP contribution in [0.2, 0.25) is 0 Å². The Morgan fingerprint density at radius 2 is 2.00 bits per heavy atom. The SMILES string of the molecule is COCCC(N)C(=O)Nc1ccc2ccccc2c1. The highest BCUT2D eigenvalue weighted by Gasteiger charge is 2.13. The molecule has 100 valence electrons. The van der Waals surface area contributed by atoms with Crippen LogP contribution in [0.3, 0.4) is 0 Å². The minimum atomic E-state index is -0.550. The number of anilines is 1. The fourth-order valence-electron chi connectivity index (χ4n) is 1.88. The number of methoxy groups -OCH3 is 1. The van der Waals surface area contributed by atoms with Gasteiger partial charge in [-0.1, -0.05) is 30.3 Å². The van der Waals surface area contributed by atoms with Crippen molar-refractivity contribution in [1.29, 1.82) is 0 Å². The maximum atomic E-state index is 11.9. The van der Waals surface area contributed by atoms with E-state index in [9.17, 15) is 4.79 Å². The molecule has 0 heterocycles. The average molecular weight is 258 g/mol. The van der Waals surface area contributed by atoms with Crippen molar-refractivity contribution in [3.05, 3.63) is 42.5 Å². The first-order valence-corrected chi connectivity index (χ1v) is 6.25. The van der Waals surface area contributed by atoms with Gasteiger partial charge in [0.15, 0.2) is 0 Å². The second kappa shape index (κ2) is 6.31. The van der Waals surface area contributed by atoms with E-state index in [0.717, 1.165) is 16.5 Å². The summed E-state index contributed by atoms with van der Waals surface area (Å²) in [5, 5.41) is 5.05. The van der Waals surface area contributed by atoms with Crippen molar-refractivity contribution in [3.63, 3.8) is 0 Å². The van der Waals surface area contributed by atoms with Crippen LogP contribution < -0.4 is 11.1 Å². The Kier molecular flexibility index (Phi) is 4.49. The van der Waals surface area contributed by atoms with Crippen LogP contribution in [-0.2, 0) is 9.53 Å². The number of rotatable bonds is 5. The third-order valence-electron chi connectivity index (χ3n) is 2.99. The lowest BCUT2D eigenvalue weighted by molar-refractivity contribution is -0.117. The molecule has 1 atom stereocenters. The first-order chi connectivity index (χ1) is 9.20. The molecule has 0 radical (unpaired) electrons. The highest BCUT2D eigenvalue weighted by Crippen LogP contribution is 2.18. The Morgan fingerprint density at radius 3 is 2.74 bits per heavy atom. The first kappa shape index (κ1) is 13.5. The van der Waals surface area contributed by atoms with Crippen molar-refractivity contribution in [2.75, 3.05) is 19.0 Å². The fourth-order valence-corrected chi connectivity index (χ4v) is 1.88. The molecule has 2 aromatic rings. The largest absolute Gasteiger partial charge is 0.385 e. The predicted octanol–water partition coefficient (Wildman–Crippen LogP) is 2.14. The molecule has 1 amide bonds. The smallest absolute Gasteiger partial charge is 0.241 e. The van der Waals surface area contributed by atoms with Crippen molar-refractivity contribution in [2.45, 2.75) is 12.5 Å². The highest BCUT2D eigenvalue weighted by atomic mass is 16.5. The number of hydrogen-bond donors (Lipinski definition) is 2. The number of nitrogens with one attached hydrogen (secondary N) is 1. The lowest BCUT2D eigenvalue weighted by Crippen LogP contribution is -2.36. The number of carbonyl (C=O) groups excluding carboxylic acids is 1. The molecule has 4 nitrogen and oxygen atoms in total. The molecule has 4 heteroatoms. The summed E-state index contributed by atoms with van der Waals surface area (Å²) in [5.41, 5.74) is 6.53. The minimum absolute atomic E-state index is 0.188. The number of hydrogen-bond acceptors (Lipinski definition) is 3. The summed E-state index contributed by atoms with van der Waals surface area (Å²) in [4.78, 5) is 11.9. The molecule has 0 saturated heterocycles. The summed E-state index contributed by atoms with van der Waals surface area (Å²) in [6.45, 7) is 0.478. The Morgan fingerprint density at radius 1 is 1.26 bits per heavy atom. The number of fused-ring (bicyclic) bond motifs is 1. The van der Waals surface area contributed by atoms with Gasteiger partial charge in [0.2, 0.25) is 5.91 Å². The van der Waals surface area contributed by atoms with Gasteiger partial charge in [-0.3, -0.25) is 4.79 Å². The van der Waals surface area contributed by atoms with Gasteiger partial charge in [-0.2, -0.15) is 0 Å². The molecule has 3 N–H and O–H groups in total. The molecule has 0 spiro atoms. The Bertz CT molecular complexity index is 569. The standard InChI is InChI=1S/C15H18N2O2/c1-19-9-8-14(16)15(18)17-13-7-6-11-4-2-3-5-12(11)10-13/h2-7,10,14H,8-9,16H2,1H3,(H,17,18). The third kappa shape index (κ3) is 3.53. The number of nitrogens with two attached hydrogens (primary N) is 1. The normalized spacial score (nSPS) is 12.3. The van der Waals surface area contributed by atoms with Crippen LogP contribution in [0.5, 0.6) is 0 Å². The van der Waals surface area contributed by atoms with E-state index in [1.807, 2.05) is 42.5 Å². The molecule has 1 unspecified atom stereocenters. The van der Waals surface area contributed by atoms with Crippen LogP contribution in [0.1, 0.15) is 6.42 Å². The van der Waals surface area contributed by atoms with Gasteiger partial charge in [0.1, 0.15) is 0 Å². The molecule has 0 aliphatic heterocycles. The topological polar surface area (TPSA) is 64.3 Å². The van der Waals surface area contributed by atoms with Gasteiger partial charge in [-0.15, -0.1) is 0 Å². The van der Waals surface area contributed by atoms with Crippen LogP contribution in [0.25, 0.3) is 10.8 Å². The molecule has 2 aromatic carbocycles. The highest BCUT2D eigenvalue weighted by molar-refractivity contribution is 5.97. The van der Waals surface area contributed by atoms with Crippen LogP contribution in [0, 0.1) is 0 Å². The van der Waals surface area contributed by atoms with Crippen molar-refractivity contribution in [2.24, 2.45) is 5.73 Å². The Labute approximate surface area is 112 Å². The van der Waals surface area contributed by atoms with Crippen molar-refractivity contribution in [1.82, 2.24) is 0 Å². The average Bonchev–Trinajstić information content (AvgIpc) is 2.44. The van der Waals surface area contributed by atoms with E-state index in [2.05, 4.69) is 5.32 Å². The van der Waals surface area contributed by atoms with Crippen molar-refractivity contribution >= 4 is 22.4 Å². The molecular formula is C15H18N2O2. The van der Waals surface area contributed by atoms with E-state index < -0.39 is 6.04 Å². The molecule has 0 saturated carbocycles. The van der Waals surface area contributed by atoms with E-state index in [0.29, 0.717) is 13.0 Å². The summed E-state index contributed by atoms with van der Waals surface area (Å²) < 4.78 is 4.91. The molecule has 2 rings (SSSR count). The Balaban J connectivity index is 2.06. The lowest BCUT2D eigenvalue weighted by atomic mass is 10.1. The van der Waals surface area contributed by atoms with E-state index >= 15 is 0 Å². The number of ether oxygens (including phenoxy) is 1. The van der Waals surface area contributed by atoms with Crippen LogP contribution in [0.4, 0.5) is 5.69 Å². The number of amides is 1. The summed E-state index contributed by atoms with van der Waals surface area (Å²) in [6.07, 6.45) is 0.510. The third-order valence-corrected chi connectivity index (χ3v) is 2.99. The summed E-state index contributed by atoms with van der Waals surface area (Å²) >= 11 is 0. The van der Waals surface area contributed by atoms with Crippen molar-refractivity contribution < 1.29 is 9.53 Å². The first-order valence-electron chi connectivity index (χ1n) is 6.25. The zero-order chi connectivity index (χ0) is 13.7. The zero-order valence-electron chi connectivity index (χ0n) is 10.9. The van der Waals surface area contributed by atoms with Crippen molar-refractivity contribution in [3.8, 4) is 0 Å². The number of carbonyl (C=O) groups is 1. The van der Waals surface area contributed by atoms with Gasteiger partial charge in [0.05, 0.1) is 6.04 Å². The van der Waals surface area contributed by atoms with Gasteiger partial charge >= 0.3 is 0 Å². The van der Waals surface area contributed by atoms with E-state index in [4.69, 9.17) is 10.5 Å². The molecule has 0 fully saturated rings. The molecule has 0 bridgehead atoms. The lowest BCUT2D eigenvalue weighted by Gasteiger charge is -2.12. The van der Waals surface area contributed by atoms with E-state index in [-0.39, 0.29) is 5.91 Å². The zero-order valence-corrected chi connectivity index (χ0v) is 10.9. The quantitative estimate of drug-likeness (QED) is 0.863. The maximum absolute atomic E-state index is 11.9. The Hall–Kier alpha value is -1.91. The summed E-state index contributed by atoms with van der Waals surface area (Å²) in [7, 11) is 1.59. The molecule has 0 aromatic heterocycles.